The highest BCUT2D eigenvalue weighted by molar-refractivity contribution is 6.32. The van der Waals surface area contributed by atoms with Crippen molar-refractivity contribution >= 4 is 23.4 Å². The van der Waals surface area contributed by atoms with Crippen molar-refractivity contribution < 1.29 is 14.3 Å². The lowest BCUT2D eigenvalue weighted by molar-refractivity contribution is -0.130. The molecule has 0 radical (unpaired) electrons. The van der Waals surface area contributed by atoms with Gasteiger partial charge in [0.15, 0.2) is 6.61 Å². The van der Waals surface area contributed by atoms with Crippen LogP contribution in [0.2, 0.25) is 5.02 Å². The maximum atomic E-state index is 11.9. The summed E-state index contributed by atoms with van der Waals surface area (Å²) in [7, 11) is 0. The van der Waals surface area contributed by atoms with Gasteiger partial charge in [-0.05, 0) is 49.1 Å². The number of rotatable bonds is 5. The summed E-state index contributed by atoms with van der Waals surface area (Å²) in [5, 5.41) is 0.445. The fraction of sp³-hybridized carbons (Fsp3) is 0.529. The topological polar surface area (TPSA) is 67.4 Å². The van der Waals surface area contributed by atoms with Crippen molar-refractivity contribution in [2.24, 2.45) is 17.8 Å². The van der Waals surface area contributed by atoms with Gasteiger partial charge < -0.3 is 4.74 Å². The van der Waals surface area contributed by atoms with E-state index in [0.29, 0.717) is 29.0 Å². The monoisotopic (exact) mass is 336 g/mol. The van der Waals surface area contributed by atoms with E-state index in [4.69, 9.17) is 16.3 Å². The normalized spacial score (nSPS) is 25.2. The molecular formula is C17H21ClN2O3. The summed E-state index contributed by atoms with van der Waals surface area (Å²) in [6.45, 7) is -0.196. The Kier molecular flexibility index (Phi) is 5.06. The molecule has 0 aliphatic heterocycles. The van der Waals surface area contributed by atoms with E-state index in [0.717, 1.165) is 12.3 Å². The quantitative estimate of drug-likeness (QED) is 0.812. The van der Waals surface area contributed by atoms with Crippen LogP contribution in [0.25, 0.3) is 0 Å². The van der Waals surface area contributed by atoms with Crippen LogP contribution in [0.5, 0.6) is 5.75 Å². The third kappa shape index (κ3) is 4.16. The molecule has 2 amide bonds. The Morgan fingerprint density at radius 2 is 1.91 bits per heavy atom. The first-order chi connectivity index (χ1) is 11.1. The van der Waals surface area contributed by atoms with Crippen molar-refractivity contribution in [1.29, 1.82) is 0 Å². The predicted molar refractivity (Wildman–Crippen MR) is 86.8 cm³/mol. The zero-order chi connectivity index (χ0) is 16.2. The van der Waals surface area contributed by atoms with Gasteiger partial charge in [-0.25, -0.2) is 0 Å². The van der Waals surface area contributed by atoms with Crippen LogP contribution in [-0.4, -0.2) is 18.4 Å². The van der Waals surface area contributed by atoms with Gasteiger partial charge in [-0.3, -0.25) is 20.4 Å². The van der Waals surface area contributed by atoms with E-state index < -0.39 is 5.91 Å². The number of amides is 2. The van der Waals surface area contributed by atoms with Crippen LogP contribution >= 0.6 is 11.6 Å². The van der Waals surface area contributed by atoms with Gasteiger partial charge in [-0.1, -0.05) is 30.2 Å². The largest absolute Gasteiger partial charge is 0.482 e. The van der Waals surface area contributed by atoms with E-state index in [2.05, 4.69) is 10.9 Å². The number of hydrogen-bond donors (Lipinski definition) is 2. The van der Waals surface area contributed by atoms with Crippen LogP contribution in [0.3, 0.4) is 0 Å². The minimum absolute atomic E-state index is 0.131. The second-order valence-electron chi connectivity index (χ2n) is 6.45. The molecule has 2 N–H and O–H groups in total. The Hall–Kier alpha value is -1.75. The first-order valence-electron chi connectivity index (χ1n) is 8.07. The molecule has 3 rings (SSSR count). The van der Waals surface area contributed by atoms with Gasteiger partial charge in [-0.2, -0.15) is 0 Å². The number of fused-ring (bicyclic) bond motifs is 2. The fourth-order valence-electron chi connectivity index (χ4n) is 3.80. The Morgan fingerprint density at radius 1 is 1.13 bits per heavy atom. The van der Waals surface area contributed by atoms with Crippen molar-refractivity contribution in [3.05, 3.63) is 29.3 Å². The van der Waals surface area contributed by atoms with E-state index in [1.54, 1.807) is 24.3 Å². The van der Waals surface area contributed by atoms with Gasteiger partial charge in [0.1, 0.15) is 5.75 Å². The summed E-state index contributed by atoms with van der Waals surface area (Å²) in [5.41, 5.74) is 4.85. The van der Waals surface area contributed by atoms with Gasteiger partial charge in [0, 0.05) is 6.42 Å². The van der Waals surface area contributed by atoms with E-state index in [1.165, 1.54) is 19.3 Å². The summed E-state index contributed by atoms with van der Waals surface area (Å²) in [5.74, 6) is 1.89. The number of hydrogen-bond acceptors (Lipinski definition) is 3. The van der Waals surface area contributed by atoms with Crippen LogP contribution in [0.1, 0.15) is 32.1 Å². The Bertz CT molecular complexity index is 593. The highest BCUT2D eigenvalue weighted by Gasteiger charge is 2.40. The van der Waals surface area contributed by atoms with Crippen molar-refractivity contribution in [1.82, 2.24) is 10.9 Å². The lowest BCUT2D eigenvalue weighted by Gasteiger charge is -2.20. The Labute approximate surface area is 140 Å². The average molecular weight is 337 g/mol. The Morgan fingerprint density at radius 3 is 2.61 bits per heavy atom. The van der Waals surface area contributed by atoms with Crippen LogP contribution < -0.4 is 15.6 Å². The molecule has 0 aromatic heterocycles. The standard InChI is InChI=1S/C17H21ClN2O3/c18-14-3-1-2-4-15(14)23-10-17(22)20-19-16(21)9-13-8-11-5-6-12(13)7-11/h1-4,11-13H,5-10H2,(H,19,21)(H,20,22)/t11-,12-,13-/m1/s1. The highest BCUT2D eigenvalue weighted by atomic mass is 35.5. The van der Waals surface area contributed by atoms with Crippen molar-refractivity contribution in [3.8, 4) is 5.75 Å². The molecule has 2 aliphatic rings. The lowest BCUT2D eigenvalue weighted by Crippen LogP contribution is -2.44. The molecule has 2 saturated carbocycles. The van der Waals surface area contributed by atoms with E-state index in [9.17, 15) is 9.59 Å². The van der Waals surface area contributed by atoms with Gasteiger partial charge in [-0.15, -0.1) is 0 Å². The van der Waals surface area contributed by atoms with Crippen molar-refractivity contribution in [2.75, 3.05) is 6.61 Å². The molecule has 1 aromatic carbocycles. The molecule has 2 bridgehead atoms. The van der Waals surface area contributed by atoms with E-state index in [-0.39, 0.29) is 12.5 Å². The maximum absolute atomic E-state index is 11.9. The second-order valence-corrected chi connectivity index (χ2v) is 6.86. The van der Waals surface area contributed by atoms with Crippen molar-refractivity contribution in [2.45, 2.75) is 32.1 Å². The second kappa shape index (κ2) is 7.21. The minimum Gasteiger partial charge on any atom is -0.482 e. The molecule has 0 heterocycles. The van der Waals surface area contributed by atoms with Gasteiger partial charge >= 0.3 is 0 Å². The molecule has 2 aliphatic carbocycles. The molecule has 3 atom stereocenters. The summed E-state index contributed by atoms with van der Waals surface area (Å²) in [4.78, 5) is 23.6. The summed E-state index contributed by atoms with van der Waals surface area (Å²) in [6, 6.07) is 6.93. The third-order valence-corrected chi connectivity index (χ3v) is 5.18. The SMILES string of the molecule is O=C(COc1ccccc1Cl)NNC(=O)C[C@H]1C[C@@H]2CC[C@@H]1C2. The van der Waals surface area contributed by atoms with Gasteiger partial charge in [0.2, 0.25) is 5.91 Å². The third-order valence-electron chi connectivity index (χ3n) is 4.87. The number of ether oxygens (including phenoxy) is 1. The zero-order valence-electron chi connectivity index (χ0n) is 12.9. The minimum atomic E-state index is -0.411. The van der Waals surface area contributed by atoms with Crippen LogP contribution in [0.15, 0.2) is 24.3 Å². The molecule has 124 valence electrons. The van der Waals surface area contributed by atoms with E-state index in [1.807, 2.05) is 0 Å². The molecule has 23 heavy (non-hydrogen) atoms. The fourth-order valence-corrected chi connectivity index (χ4v) is 3.99. The molecule has 0 spiro atoms. The first kappa shape index (κ1) is 16.1. The summed E-state index contributed by atoms with van der Waals surface area (Å²) in [6.07, 6.45) is 5.49. The van der Waals surface area contributed by atoms with Crippen molar-refractivity contribution in [3.63, 3.8) is 0 Å². The number of benzene rings is 1. The molecule has 2 fully saturated rings. The predicted octanol–water partition coefficient (Wildman–Crippen LogP) is 2.69. The van der Waals surface area contributed by atoms with Crippen LogP contribution in [-0.2, 0) is 9.59 Å². The number of carbonyl (C=O) groups excluding carboxylic acids is 2. The summed E-state index contributed by atoms with van der Waals surface area (Å²) < 4.78 is 5.31. The lowest BCUT2D eigenvalue weighted by atomic mass is 9.86. The zero-order valence-corrected chi connectivity index (χ0v) is 13.6. The molecule has 5 nitrogen and oxygen atoms in total. The molecule has 6 heteroatoms. The van der Waals surface area contributed by atoms with Gasteiger partial charge in [0.25, 0.3) is 5.91 Å². The number of carbonyl (C=O) groups is 2. The molecule has 1 aromatic rings. The summed E-state index contributed by atoms with van der Waals surface area (Å²) >= 11 is 5.93. The average Bonchev–Trinajstić information content (AvgIpc) is 3.15. The molecule has 0 saturated heterocycles. The Balaban J connectivity index is 1.35. The smallest absolute Gasteiger partial charge is 0.276 e. The number of nitrogens with one attached hydrogen (secondary N) is 2. The first-order valence-corrected chi connectivity index (χ1v) is 8.44. The maximum Gasteiger partial charge on any atom is 0.276 e. The number of para-hydroxylation sites is 1. The van der Waals surface area contributed by atoms with E-state index >= 15 is 0 Å². The van der Waals surface area contributed by atoms with Crippen LogP contribution in [0.4, 0.5) is 0 Å². The molecular weight excluding hydrogens is 316 g/mol. The van der Waals surface area contributed by atoms with Gasteiger partial charge in [0.05, 0.1) is 5.02 Å². The molecule has 0 unspecified atom stereocenters. The highest BCUT2D eigenvalue weighted by Crippen LogP contribution is 2.49. The number of halogens is 1. The number of hydrazine groups is 1. The van der Waals surface area contributed by atoms with Crippen LogP contribution in [0, 0.1) is 17.8 Å².